The van der Waals surface area contributed by atoms with E-state index in [0.717, 1.165) is 28.0 Å². The van der Waals surface area contributed by atoms with E-state index in [1.807, 2.05) is 24.3 Å². The van der Waals surface area contributed by atoms with E-state index in [1.54, 1.807) is 13.4 Å². The number of methoxy groups -OCH3 is 1. The number of oxazole rings is 1. The van der Waals surface area contributed by atoms with Crippen molar-refractivity contribution in [1.29, 1.82) is 0 Å². The molecule has 0 bridgehead atoms. The molecule has 0 spiro atoms. The van der Waals surface area contributed by atoms with Crippen LogP contribution in [-0.2, 0) is 0 Å². The molecule has 0 unspecified atom stereocenters. The molecule has 4 nitrogen and oxygen atoms in total. The number of rotatable bonds is 2. The van der Waals surface area contributed by atoms with Gasteiger partial charge in [0.05, 0.1) is 12.8 Å². The first-order valence-corrected chi connectivity index (χ1v) is 4.92. The van der Waals surface area contributed by atoms with E-state index >= 15 is 0 Å². The van der Waals surface area contributed by atoms with E-state index in [-0.39, 0.29) is 0 Å². The van der Waals surface area contributed by atoms with Crippen molar-refractivity contribution in [2.24, 2.45) is 0 Å². The molecule has 80 valence electrons. The van der Waals surface area contributed by atoms with Crippen LogP contribution in [0.4, 0.5) is 0 Å². The summed E-state index contributed by atoms with van der Waals surface area (Å²) in [7, 11) is 1.66. The van der Waals surface area contributed by atoms with Gasteiger partial charge in [-0.25, -0.2) is 4.98 Å². The average molecular weight is 214 g/mol. The van der Waals surface area contributed by atoms with E-state index in [4.69, 9.17) is 9.15 Å². The molecule has 0 amide bonds. The molecule has 4 heteroatoms. The van der Waals surface area contributed by atoms with Crippen molar-refractivity contribution < 1.29 is 9.15 Å². The van der Waals surface area contributed by atoms with E-state index < -0.39 is 0 Å². The molecular weight excluding hydrogens is 204 g/mol. The lowest BCUT2D eigenvalue weighted by Gasteiger charge is -1.97. The lowest BCUT2D eigenvalue weighted by molar-refractivity contribution is 0.415. The number of nitrogens with zero attached hydrogens (tertiary/aromatic N) is 1. The van der Waals surface area contributed by atoms with Crippen molar-refractivity contribution in [3.8, 4) is 17.1 Å². The van der Waals surface area contributed by atoms with Gasteiger partial charge in [-0.1, -0.05) is 0 Å². The number of benzene rings is 1. The zero-order valence-corrected chi connectivity index (χ0v) is 8.73. The average Bonchev–Trinajstić information content (AvgIpc) is 2.96. The molecule has 0 fully saturated rings. The molecule has 16 heavy (non-hydrogen) atoms. The van der Waals surface area contributed by atoms with Crippen LogP contribution in [-0.4, -0.2) is 17.1 Å². The third-order valence-electron chi connectivity index (χ3n) is 2.54. The van der Waals surface area contributed by atoms with Crippen LogP contribution < -0.4 is 4.74 Å². The van der Waals surface area contributed by atoms with Gasteiger partial charge < -0.3 is 14.1 Å². The van der Waals surface area contributed by atoms with Crippen LogP contribution in [0.15, 0.2) is 41.3 Å². The first kappa shape index (κ1) is 9.03. The molecule has 0 radical (unpaired) electrons. The fourth-order valence-electron chi connectivity index (χ4n) is 1.72. The standard InChI is InChI=1S/C12H10N2O2/c1-15-9-2-3-10-8(4-9)5-11(14-10)12-6-16-7-13-12/h2-7,14H,1H3. The molecule has 3 aromatic rings. The van der Waals surface area contributed by atoms with Crippen molar-refractivity contribution in [2.75, 3.05) is 7.11 Å². The van der Waals surface area contributed by atoms with Gasteiger partial charge in [-0.3, -0.25) is 0 Å². The topological polar surface area (TPSA) is 51.0 Å². The smallest absolute Gasteiger partial charge is 0.181 e. The normalized spacial score (nSPS) is 10.8. The minimum Gasteiger partial charge on any atom is -0.497 e. The molecule has 1 N–H and O–H groups in total. The van der Waals surface area contributed by atoms with Gasteiger partial charge in [0.25, 0.3) is 0 Å². The van der Waals surface area contributed by atoms with Crippen LogP contribution in [0.5, 0.6) is 5.75 Å². The Bertz CT molecular complexity index is 611. The monoisotopic (exact) mass is 214 g/mol. The number of fused-ring (bicyclic) bond motifs is 1. The van der Waals surface area contributed by atoms with Gasteiger partial charge >= 0.3 is 0 Å². The molecule has 0 aliphatic heterocycles. The summed E-state index contributed by atoms with van der Waals surface area (Å²) in [5, 5.41) is 1.09. The van der Waals surface area contributed by atoms with Gasteiger partial charge in [0, 0.05) is 10.9 Å². The fraction of sp³-hybridized carbons (Fsp3) is 0.0833. The zero-order chi connectivity index (χ0) is 11.0. The lowest BCUT2D eigenvalue weighted by atomic mass is 10.2. The van der Waals surface area contributed by atoms with Gasteiger partial charge in [0.1, 0.15) is 17.7 Å². The summed E-state index contributed by atoms with van der Waals surface area (Å²) in [6, 6.07) is 7.91. The molecule has 2 heterocycles. The fourth-order valence-corrected chi connectivity index (χ4v) is 1.72. The molecule has 0 aliphatic rings. The summed E-state index contributed by atoms with van der Waals surface area (Å²) in [4.78, 5) is 7.37. The number of ether oxygens (including phenoxy) is 1. The number of hydrogen-bond donors (Lipinski definition) is 1. The summed E-state index contributed by atoms with van der Waals surface area (Å²) >= 11 is 0. The number of nitrogens with one attached hydrogen (secondary N) is 1. The maximum absolute atomic E-state index is 5.17. The van der Waals surface area contributed by atoms with E-state index in [1.165, 1.54) is 6.39 Å². The molecule has 2 aromatic heterocycles. The SMILES string of the molecule is COc1ccc2[nH]c(-c3cocn3)cc2c1. The van der Waals surface area contributed by atoms with Crippen molar-refractivity contribution in [3.63, 3.8) is 0 Å². The number of H-pyrrole nitrogens is 1. The Hall–Kier alpha value is -2.23. The highest BCUT2D eigenvalue weighted by Crippen LogP contribution is 2.25. The molecular formula is C12H10N2O2. The van der Waals surface area contributed by atoms with Gasteiger partial charge in [0.2, 0.25) is 0 Å². The second kappa shape index (κ2) is 3.41. The molecule has 3 rings (SSSR count). The Balaban J connectivity index is 2.16. The highest BCUT2D eigenvalue weighted by atomic mass is 16.5. The molecule has 1 aromatic carbocycles. The van der Waals surface area contributed by atoms with Gasteiger partial charge in [0.15, 0.2) is 6.39 Å². The maximum Gasteiger partial charge on any atom is 0.181 e. The van der Waals surface area contributed by atoms with E-state index in [9.17, 15) is 0 Å². The second-order valence-corrected chi connectivity index (χ2v) is 3.51. The third kappa shape index (κ3) is 1.35. The van der Waals surface area contributed by atoms with Gasteiger partial charge in [-0.15, -0.1) is 0 Å². The summed E-state index contributed by atoms with van der Waals surface area (Å²) in [6.45, 7) is 0. The maximum atomic E-state index is 5.17. The van der Waals surface area contributed by atoms with Crippen LogP contribution in [0.3, 0.4) is 0 Å². The van der Waals surface area contributed by atoms with Crippen LogP contribution >= 0.6 is 0 Å². The Morgan fingerprint density at radius 1 is 1.31 bits per heavy atom. The minimum atomic E-state index is 0.801. The summed E-state index contributed by atoms with van der Waals surface area (Å²) in [6.07, 6.45) is 3.03. The van der Waals surface area contributed by atoms with Crippen molar-refractivity contribution in [2.45, 2.75) is 0 Å². The predicted octanol–water partition coefficient (Wildman–Crippen LogP) is 2.83. The highest BCUT2D eigenvalue weighted by molar-refractivity contribution is 5.86. The predicted molar refractivity (Wildman–Crippen MR) is 60.3 cm³/mol. The van der Waals surface area contributed by atoms with E-state index in [0.29, 0.717) is 0 Å². The van der Waals surface area contributed by atoms with Crippen LogP contribution in [0, 0.1) is 0 Å². The largest absolute Gasteiger partial charge is 0.497 e. The van der Waals surface area contributed by atoms with Crippen molar-refractivity contribution in [1.82, 2.24) is 9.97 Å². The third-order valence-corrected chi connectivity index (χ3v) is 2.54. The quantitative estimate of drug-likeness (QED) is 0.713. The Morgan fingerprint density at radius 3 is 3.00 bits per heavy atom. The Morgan fingerprint density at radius 2 is 2.25 bits per heavy atom. The second-order valence-electron chi connectivity index (χ2n) is 3.51. The zero-order valence-electron chi connectivity index (χ0n) is 8.73. The Labute approximate surface area is 91.9 Å². The summed E-state index contributed by atoms with van der Waals surface area (Å²) in [5.74, 6) is 0.846. The molecule has 0 saturated heterocycles. The Kier molecular flexibility index (Phi) is 1.93. The number of aromatic amines is 1. The van der Waals surface area contributed by atoms with Crippen LogP contribution in [0.25, 0.3) is 22.3 Å². The highest BCUT2D eigenvalue weighted by Gasteiger charge is 2.06. The van der Waals surface area contributed by atoms with Crippen molar-refractivity contribution in [3.05, 3.63) is 36.9 Å². The first-order valence-electron chi connectivity index (χ1n) is 4.92. The summed E-state index contributed by atoms with van der Waals surface area (Å²) in [5.41, 5.74) is 2.80. The molecule has 0 saturated carbocycles. The number of hydrogen-bond acceptors (Lipinski definition) is 3. The summed E-state index contributed by atoms with van der Waals surface area (Å²) < 4.78 is 10.1. The van der Waals surface area contributed by atoms with Crippen LogP contribution in [0.2, 0.25) is 0 Å². The van der Waals surface area contributed by atoms with E-state index in [2.05, 4.69) is 9.97 Å². The van der Waals surface area contributed by atoms with Crippen LogP contribution in [0.1, 0.15) is 0 Å². The van der Waals surface area contributed by atoms with Crippen molar-refractivity contribution >= 4 is 10.9 Å². The molecule has 0 aliphatic carbocycles. The molecule has 0 atom stereocenters. The van der Waals surface area contributed by atoms with Gasteiger partial charge in [-0.05, 0) is 24.3 Å². The minimum absolute atomic E-state index is 0.801. The number of aromatic nitrogens is 2. The lowest BCUT2D eigenvalue weighted by Crippen LogP contribution is -1.80. The van der Waals surface area contributed by atoms with Gasteiger partial charge in [-0.2, -0.15) is 0 Å². The first-order chi connectivity index (χ1) is 7.86.